The van der Waals surface area contributed by atoms with Gasteiger partial charge in [-0.25, -0.2) is 4.39 Å². The summed E-state index contributed by atoms with van der Waals surface area (Å²) in [7, 11) is 0. The molecule has 0 bridgehead atoms. The molecule has 1 aromatic rings. The fourth-order valence-electron chi connectivity index (χ4n) is 1.55. The van der Waals surface area contributed by atoms with E-state index in [2.05, 4.69) is 0 Å². The van der Waals surface area contributed by atoms with Crippen molar-refractivity contribution in [3.8, 4) is 0 Å². The van der Waals surface area contributed by atoms with E-state index >= 15 is 0 Å². The van der Waals surface area contributed by atoms with Gasteiger partial charge in [-0.1, -0.05) is 0 Å². The molecular formula is C10H4FNO5. The summed E-state index contributed by atoms with van der Waals surface area (Å²) in [5, 5.41) is 20.1. The number of nitrogens with zero attached hydrogens (tertiary/aromatic N) is 1. The number of ketones is 2. The van der Waals surface area contributed by atoms with Gasteiger partial charge in [0.1, 0.15) is 5.82 Å². The molecule has 17 heavy (non-hydrogen) atoms. The lowest BCUT2D eigenvalue weighted by molar-refractivity contribution is -0.418. The van der Waals surface area contributed by atoms with Crippen molar-refractivity contribution in [2.75, 3.05) is 0 Å². The van der Waals surface area contributed by atoms with Gasteiger partial charge in [-0.2, -0.15) is 0 Å². The van der Waals surface area contributed by atoms with Crippen molar-refractivity contribution in [1.82, 2.24) is 0 Å². The van der Waals surface area contributed by atoms with Crippen molar-refractivity contribution >= 4 is 17.3 Å². The Morgan fingerprint density at radius 2 is 1.82 bits per heavy atom. The second-order valence-corrected chi connectivity index (χ2v) is 3.30. The molecule has 1 aromatic carbocycles. The third kappa shape index (κ3) is 1.48. The van der Waals surface area contributed by atoms with Crippen LogP contribution < -0.4 is 0 Å². The van der Waals surface area contributed by atoms with Crippen LogP contribution in [0, 0.1) is 15.9 Å². The van der Waals surface area contributed by atoms with E-state index in [1.165, 1.54) is 0 Å². The van der Waals surface area contributed by atoms with Crippen LogP contribution in [0.1, 0.15) is 15.9 Å². The minimum Gasteiger partial charge on any atom is -0.502 e. The maximum absolute atomic E-state index is 12.9. The number of benzene rings is 1. The first-order valence-corrected chi connectivity index (χ1v) is 4.40. The Morgan fingerprint density at radius 1 is 1.18 bits per heavy atom. The number of allylic oxidation sites excluding steroid dienone is 1. The number of aliphatic hydroxyl groups is 1. The predicted octanol–water partition coefficient (Wildman–Crippen LogP) is 1.09. The van der Waals surface area contributed by atoms with Gasteiger partial charge in [0.05, 0.1) is 4.92 Å². The number of carbonyl (C=O) groups excluding carboxylic acids is 2. The molecule has 0 aliphatic heterocycles. The zero-order chi connectivity index (χ0) is 12.7. The minimum atomic E-state index is -1.45. The maximum atomic E-state index is 12.9. The fourth-order valence-corrected chi connectivity index (χ4v) is 1.55. The van der Waals surface area contributed by atoms with Crippen LogP contribution >= 0.6 is 0 Å². The zero-order valence-corrected chi connectivity index (χ0v) is 8.14. The summed E-state index contributed by atoms with van der Waals surface area (Å²) in [4.78, 5) is 32.2. The predicted molar refractivity (Wildman–Crippen MR) is 52.3 cm³/mol. The van der Waals surface area contributed by atoms with Crippen molar-refractivity contribution in [2.24, 2.45) is 0 Å². The van der Waals surface area contributed by atoms with Gasteiger partial charge in [0, 0.05) is 11.1 Å². The van der Waals surface area contributed by atoms with Gasteiger partial charge in [0.2, 0.25) is 11.5 Å². The first-order chi connectivity index (χ1) is 7.93. The molecular weight excluding hydrogens is 233 g/mol. The molecule has 2 rings (SSSR count). The molecule has 7 heteroatoms. The first-order valence-electron chi connectivity index (χ1n) is 4.40. The van der Waals surface area contributed by atoms with Gasteiger partial charge in [-0.05, 0) is 18.2 Å². The summed E-state index contributed by atoms with van der Waals surface area (Å²) in [6.07, 6.45) is 0. The van der Waals surface area contributed by atoms with Gasteiger partial charge in [0.25, 0.3) is 0 Å². The Morgan fingerprint density at radius 3 is 2.41 bits per heavy atom. The monoisotopic (exact) mass is 237 g/mol. The third-order valence-corrected chi connectivity index (χ3v) is 2.31. The van der Waals surface area contributed by atoms with Crippen molar-refractivity contribution in [3.63, 3.8) is 0 Å². The van der Waals surface area contributed by atoms with E-state index in [1.807, 2.05) is 0 Å². The Hall–Kier alpha value is -2.57. The van der Waals surface area contributed by atoms with Gasteiger partial charge >= 0.3 is 11.5 Å². The van der Waals surface area contributed by atoms with Crippen LogP contribution in [-0.4, -0.2) is 21.6 Å². The van der Waals surface area contributed by atoms with Crippen molar-refractivity contribution in [2.45, 2.75) is 0 Å². The molecule has 1 aliphatic rings. The summed E-state index contributed by atoms with van der Waals surface area (Å²) in [6, 6.07) is 2.69. The van der Waals surface area contributed by atoms with Crippen molar-refractivity contribution < 1.29 is 24.0 Å². The average molecular weight is 237 g/mol. The van der Waals surface area contributed by atoms with Crippen molar-refractivity contribution in [3.05, 3.63) is 51.0 Å². The molecule has 0 aromatic heterocycles. The topological polar surface area (TPSA) is 97.5 Å². The summed E-state index contributed by atoms with van der Waals surface area (Å²) in [5.41, 5.74) is -1.78. The highest BCUT2D eigenvalue weighted by atomic mass is 19.1. The van der Waals surface area contributed by atoms with Gasteiger partial charge in [-0.3, -0.25) is 19.7 Å². The van der Waals surface area contributed by atoms with Crippen molar-refractivity contribution in [1.29, 1.82) is 0 Å². The average Bonchev–Trinajstić information content (AvgIpc) is 2.25. The largest absolute Gasteiger partial charge is 0.502 e. The van der Waals surface area contributed by atoms with E-state index in [0.717, 1.165) is 18.2 Å². The zero-order valence-electron chi connectivity index (χ0n) is 8.14. The number of hydrogen-bond donors (Lipinski definition) is 1. The molecule has 0 atom stereocenters. The summed E-state index contributed by atoms with van der Waals surface area (Å²) in [6.45, 7) is 0. The smallest absolute Gasteiger partial charge is 0.362 e. The van der Waals surface area contributed by atoms with Crippen LogP contribution in [0.4, 0.5) is 4.39 Å². The molecule has 0 saturated heterocycles. The molecule has 0 spiro atoms. The number of rotatable bonds is 1. The standard InChI is InChI=1S/C10H4FNO5/c11-4-1-2-5-6(3-4)9(14)10(15)7(8(5)13)12(16)17/h1-3,13H. The second kappa shape index (κ2) is 3.48. The molecule has 6 nitrogen and oxygen atoms in total. The summed E-state index contributed by atoms with van der Waals surface area (Å²) < 4.78 is 12.9. The maximum Gasteiger partial charge on any atom is 0.362 e. The fraction of sp³-hybridized carbons (Fsp3) is 0. The van der Waals surface area contributed by atoms with E-state index in [-0.39, 0.29) is 11.1 Å². The molecule has 0 fully saturated rings. The highest BCUT2D eigenvalue weighted by Gasteiger charge is 2.41. The van der Waals surface area contributed by atoms with Gasteiger partial charge in [0.15, 0.2) is 0 Å². The van der Waals surface area contributed by atoms with E-state index in [4.69, 9.17) is 0 Å². The summed E-state index contributed by atoms with van der Waals surface area (Å²) in [5.74, 6) is -4.36. The molecule has 1 aliphatic carbocycles. The number of fused-ring (bicyclic) bond motifs is 1. The molecule has 1 N–H and O–H groups in total. The molecule has 0 saturated carbocycles. The quantitative estimate of drug-likeness (QED) is 0.448. The minimum absolute atomic E-state index is 0.220. The summed E-state index contributed by atoms with van der Waals surface area (Å²) >= 11 is 0. The van der Waals surface area contributed by atoms with E-state index in [1.54, 1.807) is 0 Å². The Balaban J connectivity index is 2.79. The van der Waals surface area contributed by atoms with Crippen LogP contribution in [0.3, 0.4) is 0 Å². The number of aliphatic hydroxyl groups excluding tert-OH is 1. The second-order valence-electron chi connectivity index (χ2n) is 3.30. The lowest BCUT2D eigenvalue weighted by atomic mass is 9.92. The highest BCUT2D eigenvalue weighted by Crippen LogP contribution is 2.28. The Kier molecular flexibility index (Phi) is 2.24. The van der Waals surface area contributed by atoms with Crippen LogP contribution in [0.15, 0.2) is 23.9 Å². The van der Waals surface area contributed by atoms with Gasteiger partial charge < -0.3 is 5.11 Å². The van der Waals surface area contributed by atoms with Crippen LogP contribution in [-0.2, 0) is 4.79 Å². The molecule has 86 valence electrons. The van der Waals surface area contributed by atoms with Crippen LogP contribution in [0.2, 0.25) is 0 Å². The number of hydrogen-bond acceptors (Lipinski definition) is 5. The lowest BCUT2D eigenvalue weighted by Crippen LogP contribution is -2.28. The Bertz CT molecular complexity index is 605. The third-order valence-electron chi connectivity index (χ3n) is 2.31. The number of nitro groups is 1. The normalized spacial score (nSPS) is 14.9. The first kappa shape index (κ1) is 10.9. The number of Topliss-reactive ketones (excluding diaryl/α,β-unsaturated/α-hetero) is 2. The van der Waals surface area contributed by atoms with E-state index < -0.39 is 33.8 Å². The lowest BCUT2D eigenvalue weighted by Gasteiger charge is -2.12. The van der Waals surface area contributed by atoms with Crippen LogP contribution in [0.5, 0.6) is 0 Å². The number of carbonyl (C=O) groups is 2. The van der Waals surface area contributed by atoms with Crippen LogP contribution in [0.25, 0.3) is 5.76 Å². The molecule has 0 heterocycles. The van der Waals surface area contributed by atoms with Gasteiger partial charge in [-0.15, -0.1) is 0 Å². The SMILES string of the molecule is O=C1C(=O)c2cc(F)ccc2C(O)=C1[N+](=O)[O-]. The van der Waals surface area contributed by atoms with E-state index in [0.29, 0.717) is 0 Å². The number of halogens is 1. The van der Waals surface area contributed by atoms with E-state index in [9.17, 15) is 29.2 Å². The molecule has 0 unspecified atom stereocenters. The highest BCUT2D eigenvalue weighted by molar-refractivity contribution is 6.51. The molecule has 0 amide bonds. The Labute approximate surface area is 93.1 Å². The molecule has 0 radical (unpaired) electrons.